The van der Waals surface area contributed by atoms with Crippen LogP contribution in [0, 0.1) is 6.92 Å². The first-order valence-electron chi connectivity index (χ1n) is 6.95. The van der Waals surface area contributed by atoms with Gasteiger partial charge in [0.25, 0.3) is 0 Å². The lowest BCUT2D eigenvalue weighted by Crippen LogP contribution is -2.30. The van der Waals surface area contributed by atoms with Gasteiger partial charge in [0.1, 0.15) is 17.1 Å². The molecular weight excluding hydrogens is 268 g/mol. The number of rotatable bonds is 5. The van der Waals surface area contributed by atoms with Crippen LogP contribution in [0.15, 0.2) is 18.7 Å². The minimum Gasteiger partial charge on any atom is -0.508 e. The maximum atomic E-state index is 11.2. The van der Waals surface area contributed by atoms with E-state index in [4.69, 9.17) is 4.74 Å². The molecule has 0 radical (unpaired) electrons. The Morgan fingerprint density at radius 3 is 2.52 bits per heavy atom. The molecule has 0 saturated carbocycles. The number of ether oxygens (including phenoxy) is 1. The van der Waals surface area contributed by atoms with Crippen molar-refractivity contribution in [3.05, 3.63) is 35.4 Å². The van der Waals surface area contributed by atoms with E-state index >= 15 is 0 Å². The summed E-state index contributed by atoms with van der Waals surface area (Å²) in [7, 11) is 0. The first-order valence-corrected chi connectivity index (χ1v) is 6.95. The molecule has 1 atom stereocenters. The summed E-state index contributed by atoms with van der Waals surface area (Å²) in [6.45, 7) is 12.2. The fraction of sp³-hybridized carbons (Fsp3) is 0.471. The number of benzene rings is 1. The zero-order valence-corrected chi connectivity index (χ0v) is 13.4. The quantitative estimate of drug-likeness (QED) is 0.494. The molecule has 0 bridgehead atoms. The van der Waals surface area contributed by atoms with Gasteiger partial charge in [0.2, 0.25) is 0 Å². The summed E-state index contributed by atoms with van der Waals surface area (Å²) in [6.07, 6.45) is 2.01. The van der Waals surface area contributed by atoms with Gasteiger partial charge in [-0.1, -0.05) is 13.0 Å². The third-order valence-electron chi connectivity index (χ3n) is 3.45. The van der Waals surface area contributed by atoms with E-state index < -0.39 is 5.60 Å². The number of phenols is 2. The molecule has 4 nitrogen and oxygen atoms in total. The Hall–Kier alpha value is -1.97. The minimum atomic E-state index is -0.779. The Bertz CT molecular complexity index is 558. The highest BCUT2D eigenvalue weighted by Crippen LogP contribution is 2.40. The van der Waals surface area contributed by atoms with Crippen molar-refractivity contribution in [3.8, 4) is 11.5 Å². The second-order valence-electron chi connectivity index (χ2n) is 6.01. The summed E-state index contributed by atoms with van der Waals surface area (Å²) in [5, 5.41) is 20.6. The van der Waals surface area contributed by atoms with Crippen LogP contribution < -0.4 is 0 Å². The molecule has 0 heterocycles. The molecule has 0 amide bonds. The van der Waals surface area contributed by atoms with Crippen LogP contribution in [-0.2, 0) is 16.0 Å². The maximum Gasteiger partial charge on any atom is 0.303 e. The molecule has 0 aromatic heterocycles. The van der Waals surface area contributed by atoms with Gasteiger partial charge in [-0.05, 0) is 32.4 Å². The molecule has 0 aliphatic rings. The lowest BCUT2D eigenvalue weighted by Gasteiger charge is -2.27. The summed E-state index contributed by atoms with van der Waals surface area (Å²) in [6, 6.07) is 1.53. The Morgan fingerprint density at radius 1 is 1.48 bits per heavy atom. The number of aromatic hydroxyl groups is 2. The van der Waals surface area contributed by atoms with Gasteiger partial charge >= 0.3 is 5.97 Å². The highest BCUT2D eigenvalue weighted by Gasteiger charge is 2.28. The van der Waals surface area contributed by atoms with Gasteiger partial charge in [-0.2, -0.15) is 0 Å². The highest BCUT2D eigenvalue weighted by atomic mass is 16.6. The number of phenolic OH excluding ortho intramolecular Hbond substituents is 2. The van der Waals surface area contributed by atoms with Crippen molar-refractivity contribution in [2.75, 3.05) is 0 Å². The molecule has 0 aliphatic heterocycles. The van der Waals surface area contributed by atoms with Crippen LogP contribution in [0.4, 0.5) is 0 Å². The SMILES string of the molecule is C=C[C@@H](C)c1c(O)cc(C)c(O)c1CC(C)(C)OC(C)=O. The highest BCUT2D eigenvalue weighted by molar-refractivity contribution is 5.66. The van der Waals surface area contributed by atoms with Gasteiger partial charge in [0, 0.05) is 30.4 Å². The number of aryl methyl sites for hydroxylation is 1. The fourth-order valence-corrected chi connectivity index (χ4v) is 2.53. The Balaban J connectivity index is 3.39. The summed E-state index contributed by atoms with van der Waals surface area (Å²) >= 11 is 0. The molecule has 116 valence electrons. The van der Waals surface area contributed by atoms with E-state index in [1.54, 1.807) is 26.8 Å². The number of carbonyl (C=O) groups is 1. The number of hydrogen-bond donors (Lipinski definition) is 2. The van der Waals surface area contributed by atoms with Crippen LogP contribution in [-0.4, -0.2) is 21.8 Å². The topological polar surface area (TPSA) is 66.8 Å². The number of carbonyl (C=O) groups excluding carboxylic acids is 1. The molecule has 21 heavy (non-hydrogen) atoms. The van der Waals surface area contributed by atoms with Gasteiger partial charge in [0.15, 0.2) is 0 Å². The van der Waals surface area contributed by atoms with Crippen molar-refractivity contribution in [1.29, 1.82) is 0 Å². The smallest absolute Gasteiger partial charge is 0.303 e. The predicted molar refractivity (Wildman–Crippen MR) is 82.7 cm³/mol. The average molecular weight is 292 g/mol. The molecule has 2 N–H and O–H groups in total. The van der Waals surface area contributed by atoms with E-state index in [9.17, 15) is 15.0 Å². The lowest BCUT2D eigenvalue weighted by atomic mass is 9.86. The standard InChI is InChI=1S/C17H24O4/c1-7-10(2)15-13(9-17(5,6)21-12(4)18)16(20)11(3)8-14(15)19/h7-8,10,19-20H,1,9H2,2-6H3/t10-/m1/s1. The normalized spacial score (nSPS) is 12.8. The van der Waals surface area contributed by atoms with E-state index in [-0.39, 0.29) is 23.4 Å². The number of esters is 1. The Morgan fingerprint density at radius 2 is 2.05 bits per heavy atom. The monoisotopic (exact) mass is 292 g/mol. The molecule has 1 aromatic rings. The lowest BCUT2D eigenvalue weighted by molar-refractivity contribution is -0.153. The zero-order chi connectivity index (χ0) is 16.4. The molecule has 1 aromatic carbocycles. The van der Waals surface area contributed by atoms with Crippen molar-refractivity contribution in [3.63, 3.8) is 0 Å². The summed E-state index contributed by atoms with van der Waals surface area (Å²) < 4.78 is 5.29. The van der Waals surface area contributed by atoms with Crippen molar-refractivity contribution in [1.82, 2.24) is 0 Å². The van der Waals surface area contributed by atoms with Gasteiger partial charge < -0.3 is 14.9 Å². The molecular formula is C17H24O4. The minimum absolute atomic E-state index is 0.117. The number of allylic oxidation sites excluding steroid dienone is 1. The predicted octanol–water partition coefficient (Wildman–Crippen LogP) is 3.58. The van der Waals surface area contributed by atoms with E-state index in [2.05, 4.69) is 6.58 Å². The molecule has 4 heteroatoms. The average Bonchev–Trinajstić information content (AvgIpc) is 2.33. The summed E-state index contributed by atoms with van der Waals surface area (Å²) in [5.74, 6) is -0.266. The third-order valence-corrected chi connectivity index (χ3v) is 3.45. The van der Waals surface area contributed by atoms with E-state index in [1.807, 2.05) is 6.92 Å². The third kappa shape index (κ3) is 4.00. The van der Waals surface area contributed by atoms with Gasteiger partial charge in [0.05, 0.1) is 0 Å². The fourth-order valence-electron chi connectivity index (χ4n) is 2.53. The largest absolute Gasteiger partial charge is 0.508 e. The summed E-state index contributed by atoms with van der Waals surface area (Å²) in [5.41, 5.74) is 1.01. The van der Waals surface area contributed by atoms with E-state index in [0.717, 1.165) is 0 Å². The van der Waals surface area contributed by atoms with Crippen molar-refractivity contribution < 1.29 is 19.7 Å². The Kier molecular flexibility index (Phi) is 5.05. The maximum absolute atomic E-state index is 11.2. The molecule has 0 spiro atoms. The van der Waals surface area contributed by atoms with Crippen molar-refractivity contribution in [2.24, 2.45) is 0 Å². The van der Waals surface area contributed by atoms with Crippen molar-refractivity contribution >= 4 is 5.97 Å². The zero-order valence-electron chi connectivity index (χ0n) is 13.4. The second kappa shape index (κ2) is 6.20. The summed E-state index contributed by atoms with van der Waals surface area (Å²) in [4.78, 5) is 11.2. The van der Waals surface area contributed by atoms with Crippen LogP contribution in [0.5, 0.6) is 11.5 Å². The van der Waals surface area contributed by atoms with Crippen LogP contribution in [0.25, 0.3) is 0 Å². The van der Waals surface area contributed by atoms with Crippen molar-refractivity contribution in [2.45, 2.75) is 52.6 Å². The van der Waals surface area contributed by atoms with Gasteiger partial charge in [-0.15, -0.1) is 6.58 Å². The molecule has 1 rings (SSSR count). The van der Waals surface area contributed by atoms with Gasteiger partial charge in [-0.25, -0.2) is 0 Å². The van der Waals surface area contributed by atoms with Crippen LogP contribution in [0.2, 0.25) is 0 Å². The first-order chi connectivity index (χ1) is 9.59. The first kappa shape index (κ1) is 17.1. The second-order valence-corrected chi connectivity index (χ2v) is 6.01. The van der Waals surface area contributed by atoms with Crippen LogP contribution in [0.3, 0.4) is 0 Å². The van der Waals surface area contributed by atoms with Crippen LogP contribution in [0.1, 0.15) is 50.3 Å². The molecule has 0 unspecified atom stereocenters. The number of hydrogen-bond acceptors (Lipinski definition) is 4. The van der Waals surface area contributed by atoms with E-state index in [0.29, 0.717) is 23.1 Å². The molecule has 0 saturated heterocycles. The van der Waals surface area contributed by atoms with Crippen LogP contribution >= 0.6 is 0 Å². The van der Waals surface area contributed by atoms with Gasteiger partial charge in [-0.3, -0.25) is 4.79 Å². The molecule has 0 aliphatic carbocycles. The Labute approximate surface area is 126 Å². The molecule has 0 fully saturated rings. The van der Waals surface area contributed by atoms with E-state index in [1.165, 1.54) is 13.0 Å².